The Bertz CT molecular complexity index is 539. The van der Waals surface area contributed by atoms with Gasteiger partial charge in [-0.3, -0.25) is 0 Å². The zero-order chi connectivity index (χ0) is 12.6. The molecule has 1 unspecified atom stereocenters. The lowest BCUT2D eigenvalue weighted by molar-refractivity contribution is 0.566. The molecular formula is C11H7BrClF2NS. The average molecular weight is 339 g/mol. The van der Waals surface area contributed by atoms with Crippen LogP contribution in [0.25, 0.3) is 0 Å². The van der Waals surface area contributed by atoms with E-state index in [1.807, 2.05) is 0 Å². The molecule has 0 spiro atoms. The largest absolute Gasteiger partial charge is 0.320 e. The fourth-order valence-electron chi connectivity index (χ4n) is 1.42. The second-order valence-electron chi connectivity index (χ2n) is 3.41. The van der Waals surface area contributed by atoms with Gasteiger partial charge in [0, 0.05) is 16.5 Å². The van der Waals surface area contributed by atoms with Crippen molar-refractivity contribution in [1.82, 2.24) is 0 Å². The summed E-state index contributed by atoms with van der Waals surface area (Å²) in [6, 6.07) is 4.37. The maximum atomic E-state index is 13.5. The van der Waals surface area contributed by atoms with Crippen molar-refractivity contribution in [1.29, 1.82) is 0 Å². The quantitative estimate of drug-likeness (QED) is 0.858. The van der Waals surface area contributed by atoms with Gasteiger partial charge in [-0.2, -0.15) is 0 Å². The minimum Gasteiger partial charge on any atom is -0.320 e. The van der Waals surface area contributed by atoms with Crippen molar-refractivity contribution >= 4 is 38.9 Å². The van der Waals surface area contributed by atoms with Crippen molar-refractivity contribution in [2.75, 3.05) is 0 Å². The van der Waals surface area contributed by atoms with Gasteiger partial charge in [0.05, 0.1) is 14.9 Å². The molecule has 1 nitrogen and oxygen atoms in total. The van der Waals surface area contributed by atoms with Gasteiger partial charge in [-0.05, 0) is 28.1 Å². The van der Waals surface area contributed by atoms with Crippen LogP contribution < -0.4 is 5.73 Å². The van der Waals surface area contributed by atoms with E-state index in [1.165, 1.54) is 23.5 Å². The topological polar surface area (TPSA) is 26.0 Å². The fraction of sp³-hybridized carbons (Fsp3) is 0.0909. The number of hydrogen-bond acceptors (Lipinski definition) is 2. The summed E-state index contributed by atoms with van der Waals surface area (Å²) in [4.78, 5) is 0.715. The Hall–Kier alpha value is -0.490. The van der Waals surface area contributed by atoms with E-state index in [4.69, 9.17) is 17.3 Å². The number of rotatable bonds is 2. The van der Waals surface area contributed by atoms with E-state index in [0.717, 1.165) is 9.85 Å². The first-order chi connectivity index (χ1) is 7.99. The molecule has 0 amide bonds. The molecule has 2 N–H and O–H groups in total. The van der Waals surface area contributed by atoms with Crippen LogP contribution in [0.15, 0.2) is 28.1 Å². The van der Waals surface area contributed by atoms with Crippen molar-refractivity contribution in [3.05, 3.63) is 55.1 Å². The zero-order valence-corrected chi connectivity index (χ0v) is 11.5. The van der Waals surface area contributed by atoms with Crippen molar-refractivity contribution in [3.8, 4) is 0 Å². The Kier molecular flexibility index (Phi) is 3.82. The van der Waals surface area contributed by atoms with E-state index in [0.29, 0.717) is 9.90 Å². The number of halogens is 4. The molecular weight excluding hydrogens is 332 g/mol. The van der Waals surface area contributed by atoms with Gasteiger partial charge < -0.3 is 5.73 Å². The van der Waals surface area contributed by atoms with Crippen molar-refractivity contribution < 1.29 is 8.78 Å². The second kappa shape index (κ2) is 5.02. The summed E-state index contributed by atoms with van der Waals surface area (Å²) in [5.41, 5.74) is 6.16. The Morgan fingerprint density at radius 3 is 2.53 bits per heavy atom. The predicted molar refractivity (Wildman–Crippen MR) is 69.4 cm³/mol. The molecule has 1 aromatic heterocycles. The van der Waals surface area contributed by atoms with Crippen LogP contribution >= 0.6 is 38.9 Å². The van der Waals surface area contributed by atoms with Crippen LogP contribution in [0.4, 0.5) is 8.78 Å². The molecule has 0 aliphatic rings. The molecule has 6 heteroatoms. The highest BCUT2D eigenvalue weighted by Gasteiger charge is 2.17. The highest BCUT2D eigenvalue weighted by Crippen LogP contribution is 2.36. The molecule has 2 aromatic rings. The van der Waals surface area contributed by atoms with Gasteiger partial charge in [-0.25, -0.2) is 8.78 Å². The summed E-state index contributed by atoms with van der Waals surface area (Å²) >= 11 is 10.5. The summed E-state index contributed by atoms with van der Waals surface area (Å²) in [5, 5.41) is 0.531. The molecule has 1 heterocycles. The molecule has 2 rings (SSSR count). The predicted octanol–water partition coefficient (Wildman–Crippen LogP) is 4.49. The molecule has 17 heavy (non-hydrogen) atoms. The maximum absolute atomic E-state index is 13.5. The van der Waals surface area contributed by atoms with Gasteiger partial charge in [0.25, 0.3) is 0 Å². The first-order valence-corrected chi connectivity index (χ1v) is 6.63. The van der Waals surface area contributed by atoms with E-state index >= 15 is 0 Å². The highest BCUT2D eigenvalue weighted by atomic mass is 79.9. The van der Waals surface area contributed by atoms with E-state index in [-0.39, 0.29) is 5.56 Å². The highest BCUT2D eigenvalue weighted by molar-refractivity contribution is 9.11. The van der Waals surface area contributed by atoms with Crippen LogP contribution in [-0.2, 0) is 0 Å². The third-order valence-corrected chi connectivity index (χ3v) is 4.83. The van der Waals surface area contributed by atoms with Crippen LogP contribution in [0.5, 0.6) is 0 Å². The van der Waals surface area contributed by atoms with Crippen LogP contribution in [0.3, 0.4) is 0 Å². The minimum absolute atomic E-state index is 0.247. The van der Waals surface area contributed by atoms with Gasteiger partial charge in [0.1, 0.15) is 11.6 Å². The summed E-state index contributed by atoms with van der Waals surface area (Å²) in [5.74, 6) is -1.28. The van der Waals surface area contributed by atoms with Crippen LogP contribution in [0.1, 0.15) is 16.5 Å². The summed E-state index contributed by atoms with van der Waals surface area (Å²) < 4.78 is 27.1. The number of benzene rings is 1. The molecule has 0 aliphatic heterocycles. The number of thiophene rings is 1. The molecule has 1 atom stereocenters. The van der Waals surface area contributed by atoms with Gasteiger partial charge in [-0.15, -0.1) is 11.3 Å². The summed E-state index contributed by atoms with van der Waals surface area (Å²) in [6.07, 6.45) is 0. The minimum atomic E-state index is -0.654. The van der Waals surface area contributed by atoms with E-state index in [2.05, 4.69) is 15.9 Å². The molecule has 90 valence electrons. The smallest absolute Gasteiger partial charge is 0.131 e. The van der Waals surface area contributed by atoms with Crippen LogP contribution in [-0.4, -0.2) is 0 Å². The molecule has 0 bridgehead atoms. The Labute approximate surface area is 114 Å². The lowest BCUT2D eigenvalue weighted by atomic mass is 10.1. The van der Waals surface area contributed by atoms with Crippen LogP contribution in [0, 0.1) is 11.6 Å². The Morgan fingerprint density at radius 2 is 2.00 bits per heavy atom. The number of hydrogen-bond donors (Lipinski definition) is 1. The lowest BCUT2D eigenvalue weighted by Crippen LogP contribution is -2.12. The monoisotopic (exact) mass is 337 g/mol. The van der Waals surface area contributed by atoms with Crippen molar-refractivity contribution in [3.63, 3.8) is 0 Å². The van der Waals surface area contributed by atoms with Gasteiger partial charge in [-0.1, -0.05) is 17.7 Å². The number of nitrogens with two attached hydrogens (primary N) is 1. The summed E-state index contributed by atoms with van der Waals surface area (Å²) in [6.45, 7) is 0. The fourth-order valence-corrected chi connectivity index (χ4v) is 3.19. The lowest BCUT2D eigenvalue weighted by Gasteiger charge is -2.10. The first-order valence-electron chi connectivity index (χ1n) is 4.64. The SMILES string of the molecule is NC(c1cc(Cl)c(Br)s1)c1ccc(F)cc1F. The molecule has 0 fully saturated rings. The normalized spacial score (nSPS) is 12.8. The van der Waals surface area contributed by atoms with Gasteiger partial charge >= 0.3 is 0 Å². The molecule has 0 aliphatic carbocycles. The summed E-state index contributed by atoms with van der Waals surface area (Å²) in [7, 11) is 0. The van der Waals surface area contributed by atoms with Gasteiger partial charge in [0.2, 0.25) is 0 Å². The maximum Gasteiger partial charge on any atom is 0.131 e. The second-order valence-corrected chi connectivity index (χ2v) is 6.22. The van der Waals surface area contributed by atoms with E-state index in [1.54, 1.807) is 6.07 Å². The Balaban J connectivity index is 2.39. The molecule has 0 radical (unpaired) electrons. The first kappa shape index (κ1) is 13.0. The van der Waals surface area contributed by atoms with E-state index in [9.17, 15) is 8.78 Å². The zero-order valence-electron chi connectivity index (χ0n) is 8.38. The molecule has 1 aromatic carbocycles. The van der Waals surface area contributed by atoms with Crippen LogP contribution in [0.2, 0.25) is 5.02 Å². The molecule has 0 saturated carbocycles. The standard InChI is InChI=1S/C11H7BrClF2NS/c12-11-7(13)4-9(17-11)10(16)6-2-1-5(14)3-8(6)15/h1-4,10H,16H2. The Morgan fingerprint density at radius 1 is 1.29 bits per heavy atom. The van der Waals surface area contributed by atoms with Crippen molar-refractivity contribution in [2.24, 2.45) is 5.73 Å². The van der Waals surface area contributed by atoms with Gasteiger partial charge in [0.15, 0.2) is 0 Å². The average Bonchev–Trinajstić information content (AvgIpc) is 2.58. The molecule has 0 saturated heterocycles. The van der Waals surface area contributed by atoms with Crippen molar-refractivity contribution in [2.45, 2.75) is 6.04 Å². The van der Waals surface area contributed by atoms with E-state index < -0.39 is 17.7 Å². The third-order valence-electron chi connectivity index (χ3n) is 2.27. The third kappa shape index (κ3) is 2.68.